The van der Waals surface area contributed by atoms with Crippen LogP contribution in [0.4, 0.5) is 5.69 Å². The van der Waals surface area contributed by atoms with Gasteiger partial charge in [-0.2, -0.15) is 0 Å². The van der Waals surface area contributed by atoms with Gasteiger partial charge in [-0.1, -0.05) is 39.0 Å². The minimum atomic E-state index is -0.244. The first-order valence-electron chi connectivity index (χ1n) is 9.46. The second kappa shape index (κ2) is 8.02. The van der Waals surface area contributed by atoms with E-state index in [0.717, 1.165) is 11.4 Å². The number of hydrogen-bond acceptors (Lipinski definition) is 4. The first-order chi connectivity index (χ1) is 12.9. The Labute approximate surface area is 172 Å². The van der Waals surface area contributed by atoms with Gasteiger partial charge in [-0.15, -0.1) is 12.4 Å². The van der Waals surface area contributed by atoms with Gasteiger partial charge >= 0.3 is 0 Å². The van der Waals surface area contributed by atoms with Crippen LogP contribution in [-0.4, -0.2) is 25.2 Å². The van der Waals surface area contributed by atoms with Gasteiger partial charge in [0.2, 0.25) is 5.91 Å². The number of ether oxygens (including phenoxy) is 2. The molecule has 150 valence electrons. The van der Waals surface area contributed by atoms with Gasteiger partial charge < -0.3 is 20.1 Å². The number of carbonyl (C=O) groups excluding carboxylic acids is 1. The minimum absolute atomic E-state index is 0. The van der Waals surface area contributed by atoms with E-state index in [9.17, 15) is 4.79 Å². The van der Waals surface area contributed by atoms with E-state index in [1.165, 1.54) is 16.7 Å². The van der Waals surface area contributed by atoms with Crippen molar-refractivity contribution in [2.24, 2.45) is 0 Å². The molecule has 6 heteroatoms. The van der Waals surface area contributed by atoms with Crippen molar-refractivity contribution >= 4 is 24.0 Å². The molecule has 2 aromatic rings. The highest BCUT2D eigenvalue weighted by atomic mass is 35.5. The predicted octanol–water partition coefficient (Wildman–Crippen LogP) is 3.83. The smallest absolute Gasteiger partial charge is 0.241 e. The van der Waals surface area contributed by atoms with Crippen molar-refractivity contribution < 1.29 is 14.3 Å². The number of benzene rings is 2. The van der Waals surface area contributed by atoms with Crippen molar-refractivity contribution in [3.63, 3.8) is 0 Å². The lowest BCUT2D eigenvalue weighted by molar-refractivity contribution is -0.118. The molecule has 0 aromatic heterocycles. The molecule has 0 saturated heterocycles. The molecule has 1 amide bonds. The highest BCUT2D eigenvalue weighted by Gasteiger charge is 2.26. The largest absolute Gasteiger partial charge is 0.486 e. The van der Waals surface area contributed by atoms with Crippen LogP contribution in [0.15, 0.2) is 36.4 Å². The lowest BCUT2D eigenvalue weighted by atomic mass is 9.83. The van der Waals surface area contributed by atoms with Crippen molar-refractivity contribution in [1.29, 1.82) is 0 Å². The van der Waals surface area contributed by atoms with E-state index in [2.05, 4.69) is 49.6 Å². The highest BCUT2D eigenvalue weighted by molar-refractivity contribution is 5.95. The summed E-state index contributed by atoms with van der Waals surface area (Å²) in [7, 11) is 0. The molecule has 4 rings (SSSR count). The van der Waals surface area contributed by atoms with Crippen LogP contribution in [0.25, 0.3) is 0 Å². The average Bonchev–Trinajstić information content (AvgIpc) is 2.66. The molecule has 28 heavy (non-hydrogen) atoms. The molecule has 2 aliphatic heterocycles. The monoisotopic (exact) mass is 402 g/mol. The Morgan fingerprint density at radius 3 is 2.54 bits per heavy atom. The second-order valence-electron chi connectivity index (χ2n) is 8.22. The van der Waals surface area contributed by atoms with E-state index in [0.29, 0.717) is 31.9 Å². The van der Waals surface area contributed by atoms with Gasteiger partial charge in [0.05, 0.1) is 6.04 Å². The van der Waals surface area contributed by atoms with Crippen molar-refractivity contribution in [2.75, 3.05) is 18.5 Å². The molecular weight excluding hydrogens is 376 g/mol. The Morgan fingerprint density at radius 2 is 1.79 bits per heavy atom. The van der Waals surface area contributed by atoms with E-state index in [1.54, 1.807) is 0 Å². The van der Waals surface area contributed by atoms with Gasteiger partial charge in [0.25, 0.3) is 0 Å². The van der Waals surface area contributed by atoms with Gasteiger partial charge in [-0.3, -0.25) is 4.79 Å². The standard InChI is InChI=1S/C22H26N2O3.ClH/c1-22(2,3)16-5-4-14-11-18(23-13-15(14)10-16)21(25)24-17-6-7-19-20(12-17)27-9-8-26-19;/h4-7,10,12,18,23H,8-9,11,13H2,1-3H3,(H,24,25);1H. The Balaban J connectivity index is 0.00000225. The molecule has 0 aliphatic carbocycles. The molecule has 0 fully saturated rings. The number of nitrogens with one attached hydrogen (secondary N) is 2. The summed E-state index contributed by atoms with van der Waals surface area (Å²) in [6.45, 7) is 8.44. The first-order valence-corrected chi connectivity index (χ1v) is 9.46. The van der Waals surface area contributed by atoms with Gasteiger partial charge in [-0.05, 0) is 40.7 Å². The molecule has 2 heterocycles. The third-order valence-electron chi connectivity index (χ3n) is 5.16. The zero-order chi connectivity index (χ0) is 19.0. The number of amides is 1. The normalized spacial score (nSPS) is 17.9. The molecule has 5 nitrogen and oxygen atoms in total. The summed E-state index contributed by atoms with van der Waals surface area (Å²) < 4.78 is 11.1. The quantitative estimate of drug-likeness (QED) is 0.801. The second-order valence-corrected chi connectivity index (χ2v) is 8.22. The molecule has 2 aromatic carbocycles. The summed E-state index contributed by atoms with van der Waals surface area (Å²) in [5.74, 6) is 1.37. The molecule has 1 unspecified atom stereocenters. The van der Waals surface area contributed by atoms with Crippen molar-refractivity contribution in [3.05, 3.63) is 53.1 Å². The molecule has 0 spiro atoms. The minimum Gasteiger partial charge on any atom is -0.486 e. The number of carbonyl (C=O) groups is 1. The van der Waals surface area contributed by atoms with Crippen LogP contribution in [0, 0.1) is 0 Å². The summed E-state index contributed by atoms with van der Waals surface area (Å²) in [4.78, 5) is 12.7. The number of fused-ring (bicyclic) bond motifs is 2. The average molecular weight is 403 g/mol. The summed E-state index contributed by atoms with van der Waals surface area (Å²) in [6.07, 6.45) is 0.691. The Bertz CT molecular complexity index is 877. The lowest BCUT2D eigenvalue weighted by Gasteiger charge is -2.28. The first kappa shape index (κ1) is 20.5. The molecule has 0 saturated carbocycles. The summed E-state index contributed by atoms with van der Waals surface area (Å²) in [6, 6.07) is 11.9. The third kappa shape index (κ3) is 4.26. The van der Waals surface area contributed by atoms with Crippen LogP contribution in [-0.2, 0) is 23.2 Å². The van der Waals surface area contributed by atoms with E-state index >= 15 is 0 Å². The van der Waals surface area contributed by atoms with Crippen LogP contribution in [0.3, 0.4) is 0 Å². The van der Waals surface area contributed by atoms with Crippen LogP contribution in [0.5, 0.6) is 11.5 Å². The van der Waals surface area contributed by atoms with Crippen LogP contribution in [0.1, 0.15) is 37.5 Å². The van der Waals surface area contributed by atoms with E-state index in [4.69, 9.17) is 9.47 Å². The number of rotatable bonds is 2. The predicted molar refractivity (Wildman–Crippen MR) is 113 cm³/mol. The molecule has 1 atom stereocenters. The lowest BCUT2D eigenvalue weighted by Crippen LogP contribution is -2.44. The summed E-state index contributed by atoms with van der Waals surface area (Å²) >= 11 is 0. The maximum atomic E-state index is 12.7. The maximum absolute atomic E-state index is 12.7. The third-order valence-corrected chi connectivity index (χ3v) is 5.16. The fourth-order valence-corrected chi connectivity index (χ4v) is 3.52. The number of hydrogen-bond donors (Lipinski definition) is 2. The van der Waals surface area contributed by atoms with E-state index < -0.39 is 0 Å². The van der Waals surface area contributed by atoms with E-state index in [1.807, 2.05) is 18.2 Å². The topological polar surface area (TPSA) is 59.6 Å². The molecule has 2 N–H and O–H groups in total. The highest BCUT2D eigenvalue weighted by Crippen LogP contribution is 2.33. The molecule has 0 radical (unpaired) electrons. The van der Waals surface area contributed by atoms with Crippen LogP contribution in [0.2, 0.25) is 0 Å². The fourth-order valence-electron chi connectivity index (χ4n) is 3.52. The van der Waals surface area contributed by atoms with Gasteiger partial charge in [0, 0.05) is 18.3 Å². The van der Waals surface area contributed by atoms with Crippen LogP contribution >= 0.6 is 12.4 Å². The van der Waals surface area contributed by atoms with Crippen molar-refractivity contribution in [3.8, 4) is 11.5 Å². The van der Waals surface area contributed by atoms with E-state index in [-0.39, 0.29) is 29.8 Å². The Morgan fingerprint density at radius 1 is 1.04 bits per heavy atom. The SMILES string of the molecule is CC(C)(C)c1ccc2c(c1)CNC(C(=O)Nc1ccc3c(c1)OCCO3)C2.Cl. The molecule has 2 aliphatic rings. The summed E-state index contributed by atoms with van der Waals surface area (Å²) in [5, 5.41) is 6.36. The van der Waals surface area contributed by atoms with Gasteiger partial charge in [0.1, 0.15) is 13.2 Å². The maximum Gasteiger partial charge on any atom is 0.241 e. The zero-order valence-corrected chi connectivity index (χ0v) is 17.3. The fraction of sp³-hybridized carbons (Fsp3) is 0.409. The number of halogens is 1. The number of anilines is 1. The van der Waals surface area contributed by atoms with Crippen molar-refractivity contribution in [2.45, 2.75) is 45.2 Å². The Kier molecular flexibility index (Phi) is 5.87. The summed E-state index contributed by atoms with van der Waals surface area (Å²) in [5.41, 5.74) is 4.69. The van der Waals surface area contributed by atoms with Gasteiger partial charge in [0.15, 0.2) is 11.5 Å². The zero-order valence-electron chi connectivity index (χ0n) is 16.5. The molecular formula is C22H27ClN2O3. The van der Waals surface area contributed by atoms with Crippen LogP contribution < -0.4 is 20.1 Å². The van der Waals surface area contributed by atoms with Gasteiger partial charge in [-0.25, -0.2) is 0 Å². The molecule has 0 bridgehead atoms. The Hall–Kier alpha value is -2.24. The van der Waals surface area contributed by atoms with Crippen molar-refractivity contribution in [1.82, 2.24) is 5.32 Å².